The zero-order valence-corrected chi connectivity index (χ0v) is 24.0. The highest BCUT2D eigenvalue weighted by Gasteiger charge is 2.43. The molecule has 1 fully saturated rings. The Labute approximate surface area is 239 Å². The first-order valence-corrected chi connectivity index (χ1v) is 14.5. The van der Waals surface area contributed by atoms with Crippen LogP contribution in [0.2, 0.25) is 0 Å². The van der Waals surface area contributed by atoms with Gasteiger partial charge in [-0.1, -0.05) is 6.07 Å². The Morgan fingerprint density at radius 3 is 2.61 bits per heavy atom. The molecule has 5 heterocycles. The van der Waals surface area contributed by atoms with E-state index >= 15 is 0 Å². The number of carbonyl (C=O) groups is 2. The predicted molar refractivity (Wildman–Crippen MR) is 162 cm³/mol. The maximum Gasteiger partial charge on any atom is 0.259 e. The van der Waals surface area contributed by atoms with Crippen molar-refractivity contribution < 1.29 is 14.3 Å². The van der Waals surface area contributed by atoms with E-state index in [2.05, 4.69) is 59.1 Å². The molecular formula is C33H35N5O3. The van der Waals surface area contributed by atoms with Crippen LogP contribution in [0.4, 0.5) is 11.5 Å². The van der Waals surface area contributed by atoms with Crippen molar-refractivity contribution in [3.63, 3.8) is 0 Å². The molecule has 3 aliphatic heterocycles. The van der Waals surface area contributed by atoms with Crippen LogP contribution < -0.4 is 15.0 Å². The standard InChI is InChI=1S/C33H35N5O3/c1-19(2)37-17-24-29(31-27(18-38(20(3)39)33(31)40)34-25-9-8-10-28(37)30(24)25)23-15-21-11-12-22(41-4)16-26(21)35-32(23)36-13-6-5-7-14-36/h8-12,15-17,19,29,34H,5-7,13-14,18H2,1-4H3. The molecule has 210 valence electrons. The van der Waals surface area contributed by atoms with Gasteiger partial charge in [0.25, 0.3) is 5.91 Å². The number of methoxy groups -OCH3 is 1. The van der Waals surface area contributed by atoms with Gasteiger partial charge in [-0.25, -0.2) is 4.98 Å². The van der Waals surface area contributed by atoms with Crippen LogP contribution in [-0.2, 0) is 9.59 Å². The van der Waals surface area contributed by atoms with Gasteiger partial charge >= 0.3 is 0 Å². The number of aromatic nitrogens is 2. The summed E-state index contributed by atoms with van der Waals surface area (Å²) in [6.45, 7) is 7.89. The summed E-state index contributed by atoms with van der Waals surface area (Å²) < 4.78 is 7.81. The summed E-state index contributed by atoms with van der Waals surface area (Å²) in [5, 5.41) is 5.71. The molecule has 2 amide bonds. The monoisotopic (exact) mass is 549 g/mol. The van der Waals surface area contributed by atoms with Gasteiger partial charge < -0.3 is 19.5 Å². The summed E-state index contributed by atoms with van der Waals surface area (Å²) in [6.07, 6.45) is 5.62. The van der Waals surface area contributed by atoms with E-state index in [0.717, 1.165) is 81.8 Å². The molecule has 4 aromatic rings. The smallest absolute Gasteiger partial charge is 0.259 e. The highest BCUT2D eigenvalue weighted by atomic mass is 16.5. The summed E-state index contributed by atoms with van der Waals surface area (Å²) in [7, 11) is 1.67. The Hall–Kier alpha value is -4.33. The van der Waals surface area contributed by atoms with E-state index in [1.165, 1.54) is 18.2 Å². The zero-order chi connectivity index (χ0) is 28.4. The quantitative estimate of drug-likeness (QED) is 0.338. The van der Waals surface area contributed by atoms with Gasteiger partial charge in [0.05, 0.1) is 30.3 Å². The number of piperidine rings is 1. The van der Waals surface area contributed by atoms with Crippen molar-refractivity contribution in [2.24, 2.45) is 0 Å². The van der Waals surface area contributed by atoms with E-state index in [0.29, 0.717) is 5.57 Å². The van der Waals surface area contributed by atoms with Crippen molar-refractivity contribution in [1.82, 2.24) is 14.5 Å². The van der Waals surface area contributed by atoms with E-state index < -0.39 is 5.92 Å². The number of fused-ring (bicyclic) bond motifs is 1. The maximum absolute atomic E-state index is 14.1. The van der Waals surface area contributed by atoms with Crippen molar-refractivity contribution in [1.29, 1.82) is 0 Å². The summed E-state index contributed by atoms with van der Waals surface area (Å²) in [4.78, 5) is 35.7. The fourth-order valence-corrected chi connectivity index (χ4v) is 6.83. The number of pyridine rings is 1. The number of amides is 2. The van der Waals surface area contributed by atoms with Crippen LogP contribution in [0.25, 0.3) is 21.8 Å². The summed E-state index contributed by atoms with van der Waals surface area (Å²) >= 11 is 0. The fraction of sp³-hybridized carbons (Fsp3) is 0.364. The first-order valence-electron chi connectivity index (χ1n) is 14.5. The predicted octanol–water partition coefficient (Wildman–Crippen LogP) is 5.97. The number of hydrogen-bond acceptors (Lipinski definition) is 6. The molecule has 1 N–H and O–H groups in total. The van der Waals surface area contributed by atoms with Crippen molar-refractivity contribution in [3.8, 4) is 5.75 Å². The Morgan fingerprint density at radius 2 is 1.88 bits per heavy atom. The van der Waals surface area contributed by atoms with Gasteiger partial charge in [-0.3, -0.25) is 14.5 Å². The van der Waals surface area contributed by atoms with Gasteiger partial charge in [-0.2, -0.15) is 0 Å². The average Bonchev–Trinajstić information content (AvgIpc) is 3.48. The van der Waals surface area contributed by atoms with E-state index in [9.17, 15) is 9.59 Å². The second kappa shape index (κ2) is 9.65. The Balaban J connectivity index is 1.55. The van der Waals surface area contributed by atoms with Gasteiger partial charge in [-0.05, 0) is 69.0 Å². The van der Waals surface area contributed by atoms with Crippen LogP contribution in [-0.4, -0.2) is 53.0 Å². The molecule has 7 rings (SSSR count). The minimum Gasteiger partial charge on any atom is -0.497 e. The van der Waals surface area contributed by atoms with Gasteiger partial charge in [0.15, 0.2) is 0 Å². The van der Waals surface area contributed by atoms with E-state index in [-0.39, 0.29) is 24.4 Å². The minimum atomic E-state index is -0.392. The molecule has 2 aromatic carbocycles. The van der Waals surface area contributed by atoms with Crippen LogP contribution in [0.5, 0.6) is 5.75 Å². The molecule has 8 nitrogen and oxygen atoms in total. The third-order valence-electron chi connectivity index (χ3n) is 8.83. The molecular weight excluding hydrogens is 514 g/mol. The lowest BCUT2D eigenvalue weighted by atomic mass is 9.83. The summed E-state index contributed by atoms with van der Waals surface area (Å²) in [5.41, 5.74) is 6.43. The topological polar surface area (TPSA) is 79.7 Å². The van der Waals surface area contributed by atoms with Crippen LogP contribution in [0.3, 0.4) is 0 Å². The SMILES string of the molecule is COc1ccc2cc(C3C4=C(CN(C(C)=O)C4=O)Nc4cccc5c4c3cn5C(C)C)c(N3CCCCC3)nc2c1. The highest BCUT2D eigenvalue weighted by molar-refractivity contribution is 6.11. The molecule has 8 heteroatoms. The number of ether oxygens (including phenoxy) is 1. The van der Waals surface area contributed by atoms with E-state index in [1.807, 2.05) is 18.2 Å². The van der Waals surface area contributed by atoms with Gasteiger partial charge in [0, 0.05) is 72.0 Å². The Morgan fingerprint density at radius 1 is 1.07 bits per heavy atom. The first kappa shape index (κ1) is 25.6. The summed E-state index contributed by atoms with van der Waals surface area (Å²) in [6, 6.07) is 14.7. The molecule has 1 atom stereocenters. The number of imide groups is 1. The van der Waals surface area contributed by atoms with Crippen LogP contribution in [0.1, 0.15) is 63.1 Å². The lowest BCUT2D eigenvalue weighted by Gasteiger charge is -2.32. The number of nitrogens with zero attached hydrogens (tertiary/aromatic N) is 4. The molecule has 0 saturated carbocycles. The average molecular weight is 550 g/mol. The minimum absolute atomic E-state index is 0.229. The second-order valence-electron chi connectivity index (χ2n) is 11.7. The molecule has 2 aromatic heterocycles. The van der Waals surface area contributed by atoms with E-state index in [4.69, 9.17) is 9.72 Å². The molecule has 1 unspecified atom stereocenters. The van der Waals surface area contributed by atoms with E-state index in [1.54, 1.807) is 7.11 Å². The highest BCUT2D eigenvalue weighted by Crippen LogP contribution is 2.49. The largest absolute Gasteiger partial charge is 0.497 e. The van der Waals surface area contributed by atoms with Crippen molar-refractivity contribution >= 4 is 45.1 Å². The lowest BCUT2D eigenvalue weighted by molar-refractivity contribution is -0.139. The molecule has 41 heavy (non-hydrogen) atoms. The van der Waals surface area contributed by atoms with Gasteiger partial charge in [0.2, 0.25) is 5.91 Å². The van der Waals surface area contributed by atoms with Crippen LogP contribution in [0, 0.1) is 0 Å². The number of benzene rings is 2. The normalized spacial score (nSPS) is 18.8. The van der Waals surface area contributed by atoms with Gasteiger partial charge in [-0.15, -0.1) is 0 Å². The molecule has 0 radical (unpaired) electrons. The van der Waals surface area contributed by atoms with Crippen LogP contribution in [0.15, 0.2) is 59.9 Å². The Bertz CT molecular complexity index is 1760. The molecule has 0 bridgehead atoms. The summed E-state index contributed by atoms with van der Waals surface area (Å²) in [5.74, 6) is 0.792. The Kier molecular flexibility index (Phi) is 6.03. The lowest BCUT2D eigenvalue weighted by Crippen LogP contribution is -2.34. The first-order chi connectivity index (χ1) is 19.9. The number of carbonyl (C=O) groups excluding carboxylic acids is 2. The van der Waals surface area contributed by atoms with Crippen LogP contribution >= 0.6 is 0 Å². The van der Waals surface area contributed by atoms with Crippen molar-refractivity contribution in [2.75, 3.05) is 37.0 Å². The molecule has 0 aliphatic carbocycles. The zero-order valence-electron chi connectivity index (χ0n) is 24.0. The molecule has 1 saturated heterocycles. The van der Waals surface area contributed by atoms with Crippen molar-refractivity contribution in [3.05, 3.63) is 71.1 Å². The molecule has 0 spiro atoms. The molecule has 3 aliphatic rings. The number of hydrogen-bond donors (Lipinski definition) is 1. The number of rotatable bonds is 4. The third-order valence-corrected chi connectivity index (χ3v) is 8.83. The number of nitrogens with one attached hydrogen (secondary N) is 1. The second-order valence-corrected chi connectivity index (χ2v) is 11.7. The fourth-order valence-electron chi connectivity index (χ4n) is 6.83. The maximum atomic E-state index is 14.1. The number of anilines is 2. The van der Waals surface area contributed by atoms with Crippen molar-refractivity contribution in [2.45, 2.75) is 52.0 Å². The van der Waals surface area contributed by atoms with Gasteiger partial charge in [0.1, 0.15) is 11.6 Å². The third kappa shape index (κ3) is 3.99.